The third-order valence-corrected chi connectivity index (χ3v) is 1.68. The summed E-state index contributed by atoms with van der Waals surface area (Å²) in [4.78, 5) is 10.6. The van der Waals surface area contributed by atoms with Gasteiger partial charge in [0.2, 0.25) is 0 Å². The zero-order chi connectivity index (χ0) is 6.91. The molecular weight excluding hydrogens is 140 g/mol. The molecule has 0 radical (unpaired) electrons. The van der Waals surface area contributed by atoms with Crippen molar-refractivity contribution in [1.82, 2.24) is 0 Å². The lowest BCUT2D eigenvalue weighted by molar-refractivity contribution is -0.146. The van der Waals surface area contributed by atoms with Gasteiger partial charge in [-0.3, -0.25) is 4.79 Å². The van der Waals surface area contributed by atoms with Gasteiger partial charge in [0.15, 0.2) is 5.06 Å². The second-order valence-corrected chi connectivity index (χ2v) is 2.90. The third-order valence-electron chi connectivity index (χ3n) is 1.23. The Bertz CT molecular complexity index is 129. The van der Waals surface area contributed by atoms with Crippen LogP contribution >= 0.6 is 11.6 Å². The van der Waals surface area contributed by atoms with E-state index in [1.807, 2.05) is 0 Å². The molecule has 1 rings (SSSR count). The second kappa shape index (κ2) is 2.18. The molecule has 0 N–H and O–H groups in total. The van der Waals surface area contributed by atoms with Crippen LogP contribution in [0.4, 0.5) is 0 Å². The van der Waals surface area contributed by atoms with E-state index in [2.05, 4.69) is 0 Å². The molecule has 3 heteroatoms. The van der Waals surface area contributed by atoms with Crippen molar-refractivity contribution in [2.75, 3.05) is 0 Å². The third kappa shape index (κ3) is 1.86. The number of carbonyl (C=O) groups excluding carboxylic acids is 1. The minimum absolute atomic E-state index is 0.206. The zero-order valence-electron chi connectivity index (χ0n) is 5.32. The van der Waals surface area contributed by atoms with E-state index in [0.717, 1.165) is 12.8 Å². The Morgan fingerprint density at radius 2 is 2.33 bits per heavy atom. The molecule has 9 heavy (non-hydrogen) atoms. The van der Waals surface area contributed by atoms with Crippen molar-refractivity contribution in [2.45, 2.75) is 31.2 Å². The van der Waals surface area contributed by atoms with E-state index in [0.29, 0.717) is 6.42 Å². The Morgan fingerprint density at radius 3 is 2.67 bits per heavy atom. The first kappa shape index (κ1) is 6.87. The maximum atomic E-state index is 10.6. The van der Waals surface area contributed by atoms with Crippen molar-refractivity contribution in [3.63, 3.8) is 0 Å². The molecule has 1 saturated carbocycles. The number of rotatable bonds is 2. The SMILES string of the molecule is CCC(=O)OC1(Cl)CC1. The van der Waals surface area contributed by atoms with E-state index in [4.69, 9.17) is 16.3 Å². The van der Waals surface area contributed by atoms with Crippen LogP contribution in [0.3, 0.4) is 0 Å². The van der Waals surface area contributed by atoms with E-state index < -0.39 is 5.06 Å². The van der Waals surface area contributed by atoms with E-state index >= 15 is 0 Å². The maximum absolute atomic E-state index is 10.6. The molecule has 52 valence electrons. The molecule has 1 fully saturated rings. The fourth-order valence-electron chi connectivity index (χ4n) is 0.477. The Hall–Kier alpha value is -0.240. The summed E-state index contributed by atoms with van der Waals surface area (Å²) in [5, 5.41) is -0.604. The number of hydrogen-bond donors (Lipinski definition) is 0. The minimum Gasteiger partial charge on any atom is -0.443 e. The van der Waals surface area contributed by atoms with Gasteiger partial charge in [0.1, 0.15) is 0 Å². The van der Waals surface area contributed by atoms with Gasteiger partial charge in [-0.2, -0.15) is 0 Å². The summed E-state index contributed by atoms with van der Waals surface area (Å²) in [6.45, 7) is 1.75. The van der Waals surface area contributed by atoms with Gasteiger partial charge < -0.3 is 4.74 Å². The van der Waals surface area contributed by atoms with Gasteiger partial charge in [-0.15, -0.1) is 0 Å². The first-order valence-corrected chi connectivity index (χ1v) is 3.45. The largest absolute Gasteiger partial charge is 0.443 e. The summed E-state index contributed by atoms with van der Waals surface area (Å²) in [5.74, 6) is -0.206. The number of alkyl halides is 1. The fraction of sp³-hybridized carbons (Fsp3) is 0.833. The predicted octanol–water partition coefficient (Wildman–Crippen LogP) is 1.67. The maximum Gasteiger partial charge on any atom is 0.307 e. The summed E-state index contributed by atoms with van der Waals surface area (Å²) in [6.07, 6.45) is 2.02. The standard InChI is InChI=1S/C6H9ClO2/c1-2-5(8)9-6(7)3-4-6/h2-4H2,1H3. The molecule has 0 saturated heterocycles. The van der Waals surface area contributed by atoms with Gasteiger partial charge in [-0.1, -0.05) is 18.5 Å². The first-order chi connectivity index (χ1) is 4.16. The van der Waals surface area contributed by atoms with Crippen LogP contribution in [-0.4, -0.2) is 11.0 Å². The van der Waals surface area contributed by atoms with Crippen molar-refractivity contribution in [1.29, 1.82) is 0 Å². The summed E-state index contributed by atoms with van der Waals surface area (Å²) in [5.41, 5.74) is 0. The van der Waals surface area contributed by atoms with Crippen LogP contribution in [0.1, 0.15) is 26.2 Å². The van der Waals surface area contributed by atoms with Gasteiger partial charge in [-0.05, 0) is 0 Å². The molecule has 0 aliphatic heterocycles. The Morgan fingerprint density at radius 1 is 1.78 bits per heavy atom. The van der Waals surface area contributed by atoms with Crippen LogP contribution < -0.4 is 0 Å². The van der Waals surface area contributed by atoms with E-state index in [1.54, 1.807) is 6.92 Å². The topological polar surface area (TPSA) is 26.3 Å². The summed E-state index contributed by atoms with van der Waals surface area (Å²) in [6, 6.07) is 0. The van der Waals surface area contributed by atoms with E-state index in [-0.39, 0.29) is 5.97 Å². The van der Waals surface area contributed by atoms with Crippen molar-refractivity contribution in [3.05, 3.63) is 0 Å². The highest BCUT2D eigenvalue weighted by molar-refractivity contribution is 6.25. The predicted molar refractivity (Wildman–Crippen MR) is 34.2 cm³/mol. The molecule has 0 heterocycles. The Balaban J connectivity index is 2.25. The quantitative estimate of drug-likeness (QED) is 0.440. The molecule has 1 aliphatic carbocycles. The minimum atomic E-state index is -0.604. The van der Waals surface area contributed by atoms with Crippen LogP contribution in [0, 0.1) is 0 Å². The highest BCUT2D eigenvalue weighted by Crippen LogP contribution is 2.43. The second-order valence-electron chi connectivity index (χ2n) is 2.21. The first-order valence-electron chi connectivity index (χ1n) is 3.07. The van der Waals surface area contributed by atoms with Crippen LogP contribution in [0.15, 0.2) is 0 Å². The molecule has 0 aromatic carbocycles. The number of hydrogen-bond acceptors (Lipinski definition) is 2. The van der Waals surface area contributed by atoms with Gasteiger partial charge in [0.25, 0.3) is 0 Å². The highest BCUT2D eigenvalue weighted by atomic mass is 35.5. The molecule has 0 amide bonds. The number of carbonyl (C=O) groups is 1. The summed E-state index contributed by atoms with van der Waals surface area (Å²) >= 11 is 5.67. The monoisotopic (exact) mass is 148 g/mol. The molecular formula is C6H9ClO2. The number of ether oxygens (including phenoxy) is 1. The summed E-state index contributed by atoms with van der Waals surface area (Å²) in [7, 11) is 0. The number of esters is 1. The average Bonchev–Trinajstić information content (AvgIpc) is 2.48. The van der Waals surface area contributed by atoms with Gasteiger partial charge in [0, 0.05) is 19.3 Å². The lowest BCUT2D eigenvalue weighted by Crippen LogP contribution is -2.11. The zero-order valence-corrected chi connectivity index (χ0v) is 6.07. The molecule has 0 aromatic rings. The van der Waals surface area contributed by atoms with Crippen LogP contribution in [0.25, 0.3) is 0 Å². The summed E-state index contributed by atoms with van der Waals surface area (Å²) < 4.78 is 4.82. The molecule has 2 nitrogen and oxygen atoms in total. The molecule has 0 aromatic heterocycles. The van der Waals surface area contributed by atoms with Crippen molar-refractivity contribution in [2.24, 2.45) is 0 Å². The Labute approximate surface area is 59.1 Å². The molecule has 1 aliphatic rings. The molecule has 0 bridgehead atoms. The smallest absolute Gasteiger partial charge is 0.307 e. The molecule has 0 atom stereocenters. The average molecular weight is 149 g/mol. The molecule has 0 unspecified atom stereocenters. The lowest BCUT2D eigenvalue weighted by atomic mass is 10.5. The van der Waals surface area contributed by atoms with Crippen molar-refractivity contribution >= 4 is 17.6 Å². The molecule has 0 spiro atoms. The van der Waals surface area contributed by atoms with Crippen molar-refractivity contribution in [3.8, 4) is 0 Å². The van der Waals surface area contributed by atoms with Gasteiger partial charge in [-0.25, -0.2) is 0 Å². The van der Waals surface area contributed by atoms with Crippen molar-refractivity contribution < 1.29 is 9.53 Å². The van der Waals surface area contributed by atoms with E-state index in [9.17, 15) is 4.79 Å². The Kier molecular flexibility index (Phi) is 1.66. The van der Waals surface area contributed by atoms with Gasteiger partial charge >= 0.3 is 5.97 Å². The van der Waals surface area contributed by atoms with Crippen LogP contribution in [0.2, 0.25) is 0 Å². The van der Waals surface area contributed by atoms with Gasteiger partial charge in [0.05, 0.1) is 0 Å². The van der Waals surface area contributed by atoms with E-state index in [1.165, 1.54) is 0 Å². The highest BCUT2D eigenvalue weighted by Gasteiger charge is 2.44. The lowest BCUT2D eigenvalue weighted by Gasteiger charge is -2.05. The van der Waals surface area contributed by atoms with Crippen LogP contribution in [0.5, 0.6) is 0 Å². The number of halogens is 1. The fourth-order valence-corrected chi connectivity index (χ4v) is 0.657. The van der Waals surface area contributed by atoms with Crippen LogP contribution in [-0.2, 0) is 9.53 Å². The normalized spacial score (nSPS) is 21.1.